The number of sulfonamides is 1. The first-order chi connectivity index (χ1) is 10.8. The summed E-state index contributed by atoms with van der Waals surface area (Å²) >= 11 is 0. The van der Waals surface area contributed by atoms with Crippen LogP contribution in [0.1, 0.15) is 26.2 Å². The van der Waals surface area contributed by atoms with Crippen molar-refractivity contribution in [2.45, 2.75) is 37.1 Å². The van der Waals surface area contributed by atoms with Crippen molar-refractivity contribution in [2.24, 2.45) is 0 Å². The molecule has 0 bridgehead atoms. The maximum atomic E-state index is 12.9. The number of nitrogens with zero attached hydrogens (tertiary/aromatic N) is 1. The van der Waals surface area contributed by atoms with Crippen LogP contribution >= 0.6 is 0 Å². The lowest BCUT2D eigenvalue weighted by Crippen LogP contribution is -2.41. The Morgan fingerprint density at radius 3 is 2.39 bits per heavy atom. The van der Waals surface area contributed by atoms with Gasteiger partial charge in [-0.2, -0.15) is 4.31 Å². The van der Waals surface area contributed by atoms with Crippen LogP contribution in [0.2, 0.25) is 0 Å². The molecule has 0 aromatic heterocycles. The van der Waals surface area contributed by atoms with Crippen LogP contribution in [-0.4, -0.2) is 52.3 Å². The molecule has 1 fully saturated rings. The van der Waals surface area contributed by atoms with Gasteiger partial charge < -0.3 is 4.74 Å². The van der Waals surface area contributed by atoms with Gasteiger partial charge in [-0.15, -0.1) is 0 Å². The molecule has 0 N–H and O–H groups in total. The molecular weight excluding hydrogens is 338 g/mol. The second-order valence-electron chi connectivity index (χ2n) is 5.70. The Kier molecular flexibility index (Phi) is 5.70. The second-order valence-corrected chi connectivity index (χ2v) is 9.82. The van der Waals surface area contributed by atoms with Gasteiger partial charge in [0.25, 0.3) is 0 Å². The molecular formula is C15H23NO5S2. The minimum Gasteiger partial charge on any atom is -0.497 e. The first-order valence-corrected chi connectivity index (χ1v) is 10.9. The number of sulfone groups is 1. The van der Waals surface area contributed by atoms with Gasteiger partial charge in [-0.1, -0.05) is 13.3 Å². The van der Waals surface area contributed by atoms with Gasteiger partial charge in [0, 0.05) is 12.6 Å². The summed E-state index contributed by atoms with van der Waals surface area (Å²) in [7, 11) is -5.35. The molecule has 130 valence electrons. The van der Waals surface area contributed by atoms with Crippen LogP contribution in [0.3, 0.4) is 0 Å². The SMILES string of the molecule is CCCCN([C@@H]1CCS(=O)(=O)C1)S(=O)(=O)c1ccc(OC)cc1. The Morgan fingerprint density at radius 2 is 1.91 bits per heavy atom. The van der Waals surface area contributed by atoms with Crippen LogP contribution in [0.25, 0.3) is 0 Å². The zero-order valence-corrected chi connectivity index (χ0v) is 15.1. The fourth-order valence-electron chi connectivity index (χ4n) is 2.70. The molecule has 1 saturated heterocycles. The van der Waals surface area contributed by atoms with Crippen LogP contribution < -0.4 is 4.74 Å². The van der Waals surface area contributed by atoms with E-state index in [1.165, 1.54) is 23.5 Å². The molecule has 1 aromatic rings. The van der Waals surface area contributed by atoms with Gasteiger partial charge in [0.1, 0.15) is 5.75 Å². The molecule has 1 aromatic carbocycles. The molecule has 1 aliphatic rings. The molecule has 0 spiro atoms. The number of rotatable bonds is 7. The maximum Gasteiger partial charge on any atom is 0.243 e. The molecule has 1 atom stereocenters. The van der Waals surface area contributed by atoms with Crippen molar-refractivity contribution >= 4 is 19.9 Å². The van der Waals surface area contributed by atoms with E-state index in [1.807, 2.05) is 6.92 Å². The second kappa shape index (κ2) is 7.19. The topological polar surface area (TPSA) is 80.8 Å². The Balaban J connectivity index is 2.32. The van der Waals surface area contributed by atoms with Crippen molar-refractivity contribution in [3.05, 3.63) is 24.3 Å². The monoisotopic (exact) mass is 361 g/mol. The first-order valence-electron chi connectivity index (χ1n) is 7.66. The van der Waals surface area contributed by atoms with Crippen LogP contribution in [0.5, 0.6) is 5.75 Å². The summed E-state index contributed by atoms with van der Waals surface area (Å²) in [6, 6.07) is 5.71. The summed E-state index contributed by atoms with van der Waals surface area (Å²) in [4.78, 5) is 0.165. The standard InChI is InChI=1S/C15H23NO5S2/c1-3-4-10-16(13-9-11-22(17,18)12-13)23(19,20)15-7-5-14(21-2)6-8-15/h5-8,13H,3-4,9-12H2,1-2H3/t13-/m1/s1. The van der Waals surface area contributed by atoms with Crippen molar-refractivity contribution in [1.82, 2.24) is 4.31 Å². The van der Waals surface area contributed by atoms with E-state index in [9.17, 15) is 16.8 Å². The predicted molar refractivity (Wildman–Crippen MR) is 88.9 cm³/mol. The van der Waals surface area contributed by atoms with E-state index in [4.69, 9.17) is 4.74 Å². The Morgan fingerprint density at radius 1 is 1.26 bits per heavy atom. The number of hydrogen-bond donors (Lipinski definition) is 0. The lowest BCUT2D eigenvalue weighted by atomic mass is 10.2. The fraction of sp³-hybridized carbons (Fsp3) is 0.600. The van der Waals surface area contributed by atoms with E-state index in [1.54, 1.807) is 12.1 Å². The molecule has 8 heteroatoms. The van der Waals surface area contributed by atoms with Crippen molar-refractivity contribution in [3.63, 3.8) is 0 Å². The number of unbranched alkanes of at least 4 members (excludes halogenated alkanes) is 1. The van der Waals surface area contributed by atoms with Crippen molar-refractivity contribution in [3.8, 4) is 5.75 Å². The highest BCUT2D eigenvalue weighted by Crippen LogP contribution is 2.26. The summed E-state index contributed by atoms with van der Waals surface area (Å²) < 4.78 is 55.7. The third kappa shape index (κ3) is 4.24. The quantitative estimate of drug-likeness (QED) is 0.738. The molecule has 0 aliphatic carbocycles. The van der Waals surface area contributed by atoms with E-state index in [2.05, 4.69) is 0 Å². The smallest absolute Gasteiger partial charge is 0.243 e. The van der Waals surface area contributed by atoms with Crippen LogP contribution in [-0.2, 0) is 19.9 Å². The minimum absolute atomic E-state index is 0.0540. The van der Waals surface area contributed by atoms with E-state index in [0.717, 1.165) is 6.42 Å². The lowest BCUT2D eigenvalue weighted by molar-refractivity contribution is 0.335. The lowest BCUT2D eigenvalue weighted by Gasteiger charge is -2.27. The normalized spacial score (nSPS) is 20.7. The van der Waals surface area contributed by atoms with Crippen LogP contribution in [0.4, 0.5) is 0 Å². The van der Waals surface area contributed by atoms with E-state index >= 15 is 0 Å². The molecule has 0 amide bonds. The number of hydrogen-bond acceptors (Lipinski definition) is 5. The molecule has 0 radical (unpaired) electrons. The van der Waals surface area contributed by atoms with Gasteiger partial charge in [-0.3, -0.25) is 0 Å². The average molecular weight is 361 g/mol. The van der Waals surface area contributed by atoms with Crippen molar-refractivity contribution < 1.29 is 21.6 Å². The molecule has 0 unspecified atom stereocenters. The molecule has 2 rings (SSSR count). The molecule has 6 nitrogen and oxygen atoms in total. The zero-order chi connectivity index (χ0) is 17.1. The summed E-state index contributed by atoms with van der Waals surface area (Å²) in [5.41, 5.74) is 0. The molecule has 23 heavy (non-hydrogen) atoms. The Labute approximate surface area is 138 Å². The molecule has 1 heterocycles. The van der Waals surface area contributed by atoms with Gasteiger partial charge in [0.2, 0.25) is 10.0 Å². The highest BCUT2D eigenvalue weighted by atomic mass is 32.2. The molecule has 0 saturated carbocycles. The van der Waals surface area contributed by atoms with E-state index < -0.39 is 25.9 Å². The maximum absolute atomic E-state index is 12.9. The third-order valence-corrected chi connectivity index (χ3v) is 7.73. The van der Waals surface area contributed by atoms with Gasteiger partial charge >= 0.3 is 0 Å². The third-order valence-electron chi connectivity index (χ3n) is 4.01. The van der Waals surface area contributed by atoms with E-state index in [-0.39, 0.29) is 16.4 Å². The predicted octanol–water partition coefficient (Wildman–Crippen LogP) is 1.67. The van der Waals surface area contributed by atoms with Gasteiger partial charge in [-0.05, 0) is 37.1 Å². The summed E-state index contributed by atoms with van der Waals surface area (Å²) in [6.45, 7) is 2.31. The zero-order valence-electron chi connectivity index (χ0n) is 13.4. The first kappa shape index (κ1) is 18.2. The Bertz CT molecular complexity index is 726. The highest BCUT2D eigenvalue weighted by molar-refractivity contribution is 7.92. The Hall–Kier alpha value is -1.12. The highest BCUT2D eigenvalue weighted by Gasteiger charge is 2.38. The number of methoxy groups -OCH3 is 1. The summed E-state index contributed by atoms with van der Waals surface area (Å²) in [5, 5.41) is 0. The largest absolute Gasteiger partial charge is 0.497 e. The molecule has 1 aliphatic heterocycles. The summed E-state index contributed by atoms with van der Waals surface area (Å²) in [6.07, 6.45) is 1.90. The average Bonchev–Trinajstić information content (AvgIpc) is 2.87. The van der Waals surface area contributed by atoms with Crippen molar-refractivity contribution in [1.29, 1.82) is 0 Å². The minimum atomic E-state index is -3.72. The number of benzene rings is 1. The van der Waals surface area contributed by atoms with Crippen LogP contribution in [0.15, 0.2) is 29.2 Å². The number of ether oxygens (including phenoxy) is 1. The van der Waals surface area contributed by atoms with Crippen molar-refractivity contribution in [2.75, 3.05) is 25.2 Å². The van der Waals surface area contributed by atoms with Gasteiger partial charge in [-0.25, -0.2) is 16.8 Å². The summed E-state index contributed by atoms with van der Waals surface area (Å²) in [5.74, 6) is 0.539. The van der Waals surface area contributed by atoms with Gasteiger partial charge in [0.15, 0.2) is 9.84 Å². The van der Waals surface area contributed by atoms with Gasteiger partial charge in [0.05, 0.1) is 23.5 Å². The van der Waals surface area contributed by atoms with Crippen LogP contribution in [0, 0.1) is 0 Å². The van der Waals surface area contributed by atoms with E-state index in [0.29, 0.717) is 25.1 Å². The fourth-order valence-corrected chi connectivity index (χ4v) is 6.22.